The second kappa shape index (κ2) is 9.38. The number of sulfonamides is 1. The first-order valence-electron chi connectivity index (χ1n) is 11.0. The van der Waals surface area contributed by atoms with Gasteiger partial charge in [-0.15, -0.1) is 0 Å². The van der Waals surface area contributed by atoms with Gasteiger partial charge >= 0.3 is 0 Å². The van der Waals surface area contributed by atoms with Crippen molar-refractivity contribution in [2.24, 2.45) is 0 Å². The minimum absolute atomic E-state index is 0.212. The number of nitrogens with zero attached hydrogens (tertiary/aromatic N) is 4. The van der Waals surface area contributed by atoms with Gasteiger partial charge in [-0.2, -0.15) is 10.2 Å². The molecule has 3 heterocycles. The molecule has 180 valence electrons. The van der Waals surface area contributed by atoms with Crippen LogP contribution in [0.25, 0.3) is 33.2 Å². The van der Waals surface area contributed by atoms with Crippen molar-refractivity contribution in [1.82, 2.24) is 20.2 Å². The summed E-state index contributed by atoms with van der Waals surface area (Å²) in [5.74, 6) is -2.04. The normalized spacial score (nSPS) is 11.5. The number of benzene rings is 2. The van der Waals surface area contributed by atoms with Gasteiger partial charge in [0.25, 0.3) is 10.0 Å². The molecule has 0 atom stereocenters. The Hall–Kier alpha value is -4.31. The summed E-state index contributed by atoms with van der Waals surface area (Å²) >= 11 is 0. The zero-order chi connectivity index (χ0) is 25.3. The van der Waals surface area contributed by atoms with Gasteiger partial charge in [-0.1, -0.05) is 13.0 Å². The standard InChI is InChI=1S/C26H19F2N5O2S/c1-2-23-25(33-36(34,35)26-6-4-19(27)13-22(26)28)12-18(14-30-23)16-3-5-24-21(11-16)20(8-9-29-24)17-7-10-31-32-15-17/h3-15,33H,2H2,1H3. The molecule has 0 fully saturated rings. The number of nitrogens with one attached hydrogen (secondary N) is 1. The Labute approximate surface area is 206 Å². The van der Waals surface area contributed by atoms with Crippen molar-refractivity contribution in [3.63, 3.8) is 0 Å². The van der Waals surface area contributed by atoms with Crippen LogP contribution in [0.15, 0.2) is 84.3 Å². The van der Waals surface area contributed by atoms with E-state index in [1.165, 1.54) is 0 Å². The number of fused-ring (bicyclic) bond motifs is 1. The van der Waals surface area contributed by atoms with Gasteiger partial charge in [-0.25, -0.2) is 17.2 Å². The number of aromatic nitrogens is 4. The first-order chi connectivity index (χ1) is 17.4. The van der Waals surface area contributed by atoms with Crippen LogP contribution in [0.5, 0.6) is 0 Å². The highest BCUT2D eigenvalue weighted by Crippen LogP contribution is 2.32. The Kier molecular flexibility index (Phi) is 6.11. The van der Waals surface area contributed by atoms with Crippen molar-refractivity contribution >= 4 is 26.6 Å². The molecular weight excluding hydrogens is 484 g/mol. The lowest BCUT2D eigenvalue weighted by molar-refractivity contribution is 0.551. The van der Waals surface area contributed by atoms with Crippen molar-refractivity contribution in [3.8, 4) is 22.3 Å². The summed E-state index contributed by atoms with van der Waals surface area (Å²) in [5.41, 5.74) is 4.70. The van der Waals surface area contributed by atoms with Crippen LogP contribution in [0.4, 0.5) is 14.5 Å². The highest BCUT2D eigenvalue weighted by atomic mass is 32.2. The highest BCUT2D eigenvalue weighted by molar-refractivity contribution is 7.92. The zero-order valence-electron chi connectivity index (χ0n) is 19.0. The SMILES string of the molecule is CCc1ncc(-c2ccc3nccc(-c4ccnnc4)c3c2)cc1NS(=O)(=O)c1ccc(F)cc1F. The number of halogens is 2. The topological polar surface area (TPSA) is 97.7 Å². The summed E-state index contributed by atoms with van der Waals surface area (Å²) < 4.78 is 55.7. The van der Waals surface area contributed by atoms with E-state index in [4.69, 9.17) is 0 Å². The lowest BCUT2D eigenvalue weighted by Crippen LogP contribution is -2.16. The minimum atomic E-state index is -4.32. The number of aryl methyl sites for hydroxylation is 1. The van der Waals surface area contributed by atoms with E-state index < -0.39 is 26.6 Å². The lowest BCUT2D eigenvalue weighted by Gasteiger charge is -2.14. The van der Waals surface area contributed by atoms with Crippen molar-refractivity contribution < 1.29 is 17.2 Å². The van der Waals surface area contributed by atoms with E-state index in [-0.39, 0.29) is 5.69 Å². The number of anilines is 1. The molecule has 2 aromatic carbocycles. The van der Waals surface area contributed by atoms with Gasteiger partial charge in [-0.05, 0) is 60.0 Å². The fourth-order valence-corrected chi connectivity index (χ4v) is 5.08. The monoisotopic (exact) mass is 503 g/mol. The van der Waals surface area contributed by atoms with Crippen LogP contribution in [-0.2, 0) is 16.4 Å². The van der Waals surface area contributed by atoms with Crippen LogP contribution in [-0.4, -0.2) is 28.6 Å². The molecule has 0 bridgehead atoms. The summed E-state index contributed by atoms with van der Waals surface area (Å²) in [5, 5.41) is 8.66. The molecule has 0 aliphatic carbocycles. The summed E-state index contributed by atoms with van der Waals surface area (Å²) in [7, 11) is -4.32. The summed E-state index contributed by atoms with van der Waals surface area (Å²) in [6, 6.07) is 13.4. The predicted octanol–water partition coefficient (Wildman–Crippen LogP) is 5.40. The molecular formula is C26H19F2N5O2S. The third kappa shape index (κ3) is 4.50. The van der Waals surface area contributed by atoms with Crippen LogP contribution in [0.3, 0.4) is 0 Å². The number of hydrogen-bond acceptors (Lipinski definition) is 6. The van der Waals surface area contributed by atoms with Gasteiger partial charge < -0.3 is 0 Å². The minimum Gasteiger partial charge on any atom is -0.278 e. The molecule has 0 saturated carbocycles. The van der Waals surface area contributed by atoms with Crippen molar-refractivity contribution in [2.45, 2.75) is 18.2 Å². The first kappa shape index (κ1) is 23.4. The Balaban J connectivity index is 1.58. The van der Waals surface area contributed by atoms with Crippen LogP contribution >= 0.6 is 0 Å². The Morgan fingerprint density at radius 2 is 1.69 bits per heavy atom. The quantitative estimate of drug-likeness (QED) is 0.333. The maximum Gasteiger partial charge on any atom is 0.264 e. The second-order valence-corrected chi connectivity index (χ2v) is 9.62. The first-order valence-corrected chi connectivity index (χ1v) is 12.5. The fraction of sp³-hybridized carbons (Fsp3) is 0.0769. The average molecular weight is 504 g/mol. The Bertz CT molecular complexity index is 1700. The molecule has 1 N–H and O–H groups in total. The van der Waals surface area contributed by atoms with E-state index in [1.54, 1.807) is 30.9 Å². The molecule has 0 saturated heterocycles. The average Bonchev–Trinajstić information content (AvgIpc) is 2.88. The third-order valence-electron chi connectivity index (χ3n) is 5.70. The molecule has 10 heteroatoms. The lowest BCUT2D eigenvalue weighted by atomic mass is 9.98. The van der Waals surface area contributed by atoms with Crippen LogP contribution in [0, 0.1) is 11.6 Å². The van der Waals surface area contributed by atoms with Crippen molar-refractivity contribution in [2.75, 3.05) is 4.72 Å². The number of hydrogen-bond donors (Lipinski definition) is 1. The number of rotatable bonds is 6. The van der Waals surface area contributed by atoms with Crippen LogP contribution in [0.2, 0.25) is 0 Å². The van der Waals surface area contributed by atoms with Gasteiger partial charge in [0, 0.05) is 35.0 Å². The summed E-state index contributed by atoms with van der Waals surface area (Å²) in [6.45, 7) is 1.83. The van der Waals surface area contributed by atoms with Gasteiger partial charge in [-0.3, -0.25) is 14.7 Å². The fourth-order valence-electron chi connectivity index (χ4n) is 3.94. The van der Waals surface area contributed by atoms with Gasteiger partial charge in [0.2, 0.25) is 0 Å². The third-order valence-corrected chi connectivity index (χ3v) is 7.10. The van der Waals surface area contributed by atoms with E-state index in [0.29, 0.717) is 23.7 Å². The van der Waals surface area contributed by atoms with Crippen molar-refractivity contribution in [1.29, 1.82) is 0 Å². The highest BCUT2D eigenvalue weighted by Gasteiger charge is 2.21. The summed E-state index contributed by atoms with van der Waals surface area (Å²) in [4.78, 5) is 8.22. The molecule has 0 spiro atoms. The molecule has 0 unspecified atom stereocenters. The van der Waals surface area contributed by atoms with Crippen LogP contribution in [0.1, 0.15) is 12.6 Å². The molecule has 0 aliphatic rings. The van der Waals surface area contributed by atoms with Gasteiger partial charge in [0.1, 0.15) is 16.5 Å². The maximum absolute atomic E-state index is 14.2. The maximum atomic E-state index is 14.2. The van der Waals surface area contributed by atoms with E-state index in [1.807, 2.05) is 37.3 Å². The second-order valence-electron chi connectivity index (χ2n) is 7.97. The Morgan fingerprint density at radius 1 is 0.833 bits per heavy atom. The molecule has 3 aromatic heterocycles. The van der Waals surface area contributed by atoms with E-state index in [2.05, 4.69) is 24.9 Å². The molecule has 0 aliphatic heterocycles. The largest absolute Gasteiger partial charge is 0.278 e. The van der Waals surface area contributed by atoms with E-state index in [0.717, 1.165) is 39.7 Å². The van der Waals surface area contributed by atoms with Crippen LogP contribution < -0.4 is 4.72 Å². The smallest absolute Gasteiger partial charge is 0.264 e. The summed E-state index contributed by atoms with van der Waals surface area (Å²) in [6.07, 6.45) is 7.09. The number of pyridine rings is 2. The molecule has 0 amide bonds. The molecule has 7 nitrogen and oxygen atoms in total. The van der Waals surface area contributed by atoms with Gasteiger partial charge in [0.15, 0.2) is 0 Å². The molecule has 0 radical (unpaired) electrons. The molecule has 36 heavy (non-hydrogen) atoms. The van der Waals surface area contributed by atoms with E-state index >= 15 is 0 Å². The predicted molar refractivity (Wildman–Crippen MR) is 133 cm³/mol. The Morgan fingerprint density at radius 3 is 2.44 bits per heavy atom. The molecule has 5 rings (SSSR count). The van der Waals surface area contributed by atoms with Crippen molar-refractivity contribution in [3.05, 3.63) is 96.7 Å². The van der Waals surface area contributed by atoms with Gasteiger partial charge in [0.05, 0.1) is 29.3 Å². The zero-order valence-corrected chi connectivity index (χ0v) is 19.8. The molecule has 5 aromatic rings. The van der Waals surface area contributed by atoms with E-state index in [9.17, 15) is 17.2 Å².